The molecule has 0 radical (unpaired) electrons. The maximum absolute atomic E-state index is 12.2. The fourth-order valence-electron chi connectivity index (χ4n) is 1.87. The van der Waals surface area contributed by atoms with Gasteiger partial charge in [0.1, 0.15) is 6.10 Å². The van der Waals surface area contributed by atoms with Crippen molar-refractivity contribution in [2.45, 2.75) is 33.3 Å². The maximum Gasteiger partial charge on any atom is 0.191 e. The standard InChI is InChI=1S/C17H26O4/c1-13-6-7-16(12-14(13)2)17(18)15(3)21-9-5-8-20-11-10-19-4/h6-7,12,15H,5,8-11H2,1-4H3. The Bertz CT molecular complexity index is 442. The molecular weight excluding hydrogens is 268 g/mol. The second kappa shape index (κ2) is 9.66. The van der Waals surface area contributed by atoms with Crippen LogP contribution >= 0.6 is 0 Å². The third kappa shape index (κ3) is 6.38. The van der Waals surface area contributed by atoms with Crippen LogP contribution in [0.25, 0.3) is 0 Å². The van der Waals surface area contributed by atoms with Crippen molar-refractivity contribution < 1.29 is 19.0 Å². The van der Waals surface area contributed by atoms with Gasteiger partial charge in [0.25, 0.3) is 0 Å². The first kappa shape index (κ1) is 17.8. The average Bonchev–Trinajstić information content (AvgIpc) is 2.48. The molecule has 118 valence electrons. The molecule has 1 rings (SSSR count). The zero-order valence-corrected chi connectivity index (χ0v) is 13.5. The monoisotopic (exact) mass is 294 g/mol. The highest BCUT2D eigenvalue weighted by atomic mass is 16.5. The lowest BCUT2D eigenvalue weighted by Gasteiger charge is -2.13. The summed E-state index contributed by atoms with van der Waals surface area (Å²) in [5.74, 6) is 0.0263. The number of benzene rings is 1. The summed E-state index contributed by atoms with van der Waals surface area (Å²) in [6, 6.07) is 5.75. The van der Waals surface area contributed by atoms with Crippen LogP contribution in [0.15, 0.2) is 18.2 Å². The number of methoxy groups -OCH3 is 1. The van der Waals surface area contributed by atoms with Gasteiger partial charge in [-0.05, 0) is 44.4 Å². The lowest BCUT2D eigenvalue weighted by Crippen LogP contribution is -2.22. The van der Waals surface area contributed by atoms with Crippen molar-refractivity contribution >= 4 is 5.78 Å². The molecule has 21 heavy (non-hydrogen) atoms. The third-order valence-electron chi connectivity index (χ3n) is 3.39. The minimum absolute atomic E-state index is 0.0263. The summed E-state index contributed by atoms with van der Waals surface area (Å²) in [5, 5.41) is 0. The highest BCUT2D eigenvalue weighted by Crippen LogP contribution is 2.13. The molecule has 0 N–H and O–H groups in total. The van der Waals surface area contributed by atoms with Gasteiger partial charge in [-0.1, -0.05) is 12.1 Å². The molecule has 4 nitrogen and oxygen atoms in total. The number of aryl methyl sites for hydroxylation is 2. The normalized spacial score (nSPS) is 12.4. The molecule has 0 aliphatic heterocycles. The van der Waals surface area contributed by atoms with Gasteiger partial charge in [0.05, 0.1) is 13.2 Å². The van der Waals surface area contributed by atoms with E-state index in [2.05, 4.69) is 0 Å². The van der Waals surface area contributed by atoms with Crippen LogP contribution < -0.4 is 0 Å². The number of carbonyl (C=O) groups excluding carboxylic acids is 1. The molecule has 0 aromatic heterocycles. The Hall–Kier alpha value is -1.23. The summed E-state index contributed by atoms with van der Waals surface area (Å²) in [6.45, 7) is 8.17. The van der Waals surface area contributed by atoms with Gasteiger partial charge in [0.2, 0.25) is 0 Å². The highest BCUT2D eigenvalue weighted by molar-refractivity contribution is 5.99. The minimum atomic E-state index is -0.425. The lowest BCUT2D eigenvalue weighted by molar-refractivity contribution is 0.0286. The van der Waals surface area contributed by atoms with E-state index in [-0.39, 0.29) is 5.78 Å². The zero-order valence-electron chi connectivity index (χ0n) is 13.5. The molecule has 1 unspecified atom stereocenters. The predicted molar refractivity (Wildman–Crippen MR) is 83.0 cm³/mol. The summed E-state index contributed by atoms with van der Waals surface area (Å²) in [6.07, 6.45) is 0.347. The molecular formula is C17H26O4. The summed E-state index contributed by atoms with van der Waals surface area (Å²) < 4.78 is 15.8. The van der Waals surface area contributed by atoms with E-state index in [0.717, 1.165) is 12.0 Å². The number of rotatable bonds is 10. The minimum Gasteiger partial charge on any atom is -0.382 e. The van der Waals surface area contributed by atoms with Gasteiger partial charge in [-0.3, -0.25) is 4.79 Å². The molecule has 4 heteroatoms. The molecule has 0 spiro atoms. The molecule has 0 saturated carbocycles. The van der Waals surface area contributed by atoms with Crippen LogP contribution in [0.5, 0.6) is 0 Å². The maximum atomic E-state index is 12.2. The van der Waals surface area contributed by atoms with E-state index in [1.54, 1.807) is 14.0 Å². The van der Waals surface area contributed by atoms with Crippen LogP contribution in [-0.4, -0.2) is 45.4 Å². The first-order chi connectivity index (χ1) is 10.1. The van der Waals surface area contributed by atoms with Crippen LogP contribution in [0, 0.1) is 13.8 Å². The molecule has 0 heterocycles. The van der Waals surface area contributed by atoms with Crippen LogP contribution in [-0.2, 0) is 14.2 Å². The molecule has 1 aromatic rings. The van der Waals surface area contributed by atoms with Crippen molar-refractivity contribution in [1.82, 2.24) is 0 Å². The van der Waals surface area contributed by atoms with Crippen molar-refractivity contribution in [2.75, 3.05) is 33.5 Å². The van der Waals surface area contributed by atoms with E-state index in [1.807, 2.05) is 32.0 Å². The van der Waals surface area contributed by atoms with E-state index in [1.165, 1.54) is 5.56 Å². The van der Waals surface area contributed by atoms with E-state index in [4.69, 9.17) is 14.2 Å². The van der Waals surface area contributed by atoms with Crippen LogP contribution in [0.3, 0.4) is 0 Å². The Morgan fingerprint density at radius 1 is 1.10 bits per heavy atom. The Kier molecular flexibility index (Phi) is 8.20. The number of Topliss-reactive ketones (excluding diaryl/α,β-unsaturated/α-hetero) is 1. The van der Waals surface area contributed by atoms with Crippen molar-refractivity contribution in [3.8, 4) is 0 Å². The molecule has 1 atom stereocenters. The van der Waals surface area contributed by atoms with Gasteiger partial charge in [-0.15, -0.1) is 0 Å². The van der Waals surface area contributed by atoms with E-state index >= 15 is 0 Å². The second-order valence-electron chi connectivity index (χ2n) is 5.14. The van der Waals surface area contributed by atoms with E-state index in [9.17, 15) is 4.79 Å². The van der Waals surface area contributed by atoms with Crippen molar-refractivity contribution in [3.63, 3.8) is 0 Å². The Morgan fingerprint density at radius 3 is 2.52 bits per heavy atom. The number of ether oxygens (including phenoxy) is 3. The Labute approximate surface area is 127 Å². The number of carbonyl (C=O) groups is 1. The predicted octanol–water partition coefficient (Wildman–Crippen LogP) is 2.94. The van der Waals surface area contributed by atoms with Gasteiger partial charge in [0.15, 0.2) is 5.78 Å². The molecule has 0 aliphatic carbocycles. The highest BCUT2D eigenvalue weighted by Gasteiger charge is 2.15. The van der Waals surface area contributed by atoms with Gasteiger partial charge < -0.3 is 14.2 Å². The van der Waals surface area contributed by atoms with E-state index < -0.39 is 6.10 Å². The fraction of sp³-hybridized carbons (Fsp3) is 0.588. The summed E-state index contributed by atoms with van der Waals surface area (Å²) in [7, 11) is 1.65. The molecule has 0 bridgehead atoms. The molecule has 0 fully saturated rings. The van der Waals surface area contributed by atoms with Gasteiger partial charge in [-0.2, -0.15) is 0 Å². The molecule has 0 amide bonds. The summed E-state index contributed by atoms with van der Waals surface area (Å²) in [4.78, 5) is 12.2. The largest absolute Gasteiger partial charge is 0.382 e. The third-order valence-corrected chi connectivity index (χ3v) is 3.39. The zero-order chi connectivity index (χ0) is 15.7. The number of ketones is 1. The van der Waals surface area contributed by atoms with Gasteiger partial charge >= 0.3 is 0 Å². The average molecular weight is 294 g/mol. The van der Waals surface area contributed by atoms with Crippen molar-refractivity contribution in [2.24, 2.45) is 0 Å². The smallest absolute Gasteiger partial charge is 0.191 e. The topological polar surface area (TPSA) is 44.8 Å². The lowest BCUT2D eigenvalue weighted by atomic mass is 10.0. The Balaban J connectivity index is 2.29. The van der Waals surface area contributed by atoms with Crippen LogP contribution in [0.4, 0.5) is 0 Å². The first-order valence-electron chi connectivity index (χ1n) is 7.36. The Morgan fingerprint density at radius 2 is 1.86 bits per heavy atom. The van der Waals surface area contributed by atoms with Gasteiger partial charge in [0, 0.05) is 25.9 Å². The van der Waals surface area contributed by atoms with Crippen LogP contribution in [0.2, 0.25) is 0 Å². The SMILES string of the molecule is COCCOCCCOC(C)C(=O)c1ccc(C)c(C)c1. The quantitative estimate of drug-likeness (QED) is 0.491. The van der Waals surface area contributed by atoms with Gasteiger partial charge in [-0.25, -0.2) is 0 Å². The first-order valence-corrected chi connectivity index (χ1v) is 7.36. The van der Waals surface area contributed by atoms with E-state index in [0.29, 0.717) is 32.0 Å². The summed E-state index contributed by atoms with van der Waals surface area (Å²) >= 11 is 0. The number of hydrogen-bond acceptors (Lipinski definition) is 4. The molecule has 1 aromatic carbocycles. The second-order valence-corrected chi connectivity index (χ2v) is 5.14. The molecule has 0 aliphatic rings. The fourth-order valence-corrected chi connectivity index (χ4v) is 1.87. The number of hydrogen-bond donors (Lipinski definition) is 0. The van der Waals surface area contributed by atoms with Crippen LogP contribution in [0.1, 0.15) is 34.8 Å². The van der Waals surface area contributed by atoms with Crippen molar-refractivity contribution in [3.05, 3.63) is 34.9 Å². The van der Waals surface area contributed by atoms with Crippen molar-refractivity contribution in [1.29, 1.82) is 0 Å². The molecule has 0 saturated heterocycles. The summed E-state index contributed by atoms with van der Waals surface area (Å²) in [5.41, 5.74) is 3.02.